The van der Waals surface area contributed by atoms with Crippen LogP contribution in [0.1, 0.15) is 26.6 Å². The Balaban J connectivity index is 1.81. The SMILES string of the molecule is Cc1ccc(NC(=O)c2ccccc2N/C=C(\C#N)c2nc(C)cs2)cc1. The van der Waals surface area contributed by atoms with Crippen LogP contribution in [-0.2, 0) is 0 Å². The largest absolute Gasteiger partial charge is 0.360 e. The molecule has 1 heterocycles. The van der Waals surface area contributed by atoms with Crippen molar-refractivity contribution in [3.8, 4) is 6.07 Å². The van der Waals surface area contributed by atoms with E-state index in [9.17, 15) is 10.1 Å². The molecule has 2 N–H and O–H groups in total. The van der Waals surface area contributed by atoms with Crippen LogP contribution in [0, 0.1) is 25.2 Å². The number of allylic oxidation sites excluding steroid dienone is 1. The summed E-state index contributed by atoms with van der Waals surface area (Å²) in [6.45, 7) is 3.88. The van der Waals surface area contributed by atoms with E-state index < -0.39 is 0 Å². The first-order valence-electron chi connectivity index (χ1n) is 8.33. The zero-order valence-electron chi connectivity index (χ0n) is 15.0. The number of hydrogen-bond donors (Lipinski definition) is 2. The number of nitrogens with one attached hydrogen (secondary N) is 2. The van der Waals surface area contributed by atoms with E-state index in [0.717, 1.165) is 16.9 Å². The summed E-state index contributed by atoms with van der Waals surface area (Å²) in [4.78, 5) is 17.0. The van der Waals surface area contributed by atoms with E-state index in [1.165, 1.54) is 11.3 Å². The Hall–Kier alpha value is -3.43. The maximum Gasteiger partial charge on any atom is 0.257 e. The number of carbonyl (C=O) groups excluding carboxylic acids is 1. The van der Waals surface area contributed by atoms with E-state index in [2.05, 4.69) is 21.7 Å². The van der Waals surface area contributed by atoms with Gasteiger partial charge >= 0.3 is 0 Å². The van der Waals surface area contributed by atoms with Crippen molar-refractivity contribution in [2.24, 2.45) is 0 Å². The molecular weight excluding hydrogens is 356 g/mol. The number of nitrogens with zero attached hydrogens (tertiary/aromatic N) is 2. The number of para-hydroxylation sites is 1. The topological polar surface area (TPSA) is 77.8 Å². The molecule has 0 spiro atoms. The fourth-order valence-electron chi connectivity index (χ4n) is 2.41. The van der Waals surface area contributed by atoms with Gasteiger partial charge in [-0.15, -0.1) is 11.3 Å². The van der Waals surface area contributed by atoms with Crippen molar-refractivity contribution >= 4 is 34.2 Å². The minimum absolute atomic E-state index is 0.223. The molecule has 1 aromatic heterocycles. The lowest BCUT2D eigenvalue weighted by molar-refractivity contribution is 0.102. The first kappa shape index (κ1) is 18.4. The van der Waals surface area contributed by atoms with Crippen molar-refractivity contribution in [2.75, 3.05) is 10.6 Å². The maximum absolute atomic E-state index is 12.7. The molecule has 0 saturated heterocycles. The smallest absolute Gasteiger partial charge is 0.257 e. The first-order chi connectivity index (χ1) is 13.1. The summed E-state index contributed by atoms with van der Waals surface area (Å²) in [5, 5.41) is 17.9. The molecule has 0 unspecified atom stereocenters. The second-order valence-electron chi connectivity index (χ2n) is 5.97. The number of rotatable bonds is 5. The van der Waals surface area contributed by atoms with Gasteiger partial charge in [0, 0.05) is 23.0 Å². The lowest BCUT2D eigenvalue weighted by Crippen LogP contribution is -2.13. The molecule has 0 aliphatic heterocycles. The molecule has 0 fully saturated rings. The van der Waals surface area contributed by atoms with E-state index in [-0.39, 0.29) is 5.91 Å². The minimum atomic E-state index is -0.223. The van der Waals surface area contributed by atoms with Crippen LogP contribution < -0.4 is 10.6 Å². The van der Waals surface area contributed by atoms with Crippen LogP contribution in [-0.4, -0.2) is 10.9 Å². The highest BCUT2D eigenvalue weighted by molar-refractivity contribution is 7.10. The van der Waals surface area contributed by atoms with Crippen molar-refractivity contribution in [2.45, 2.75) is 13.8 Å². The molecule has 0 aliphatic rings. The maximum atomic E-state index is 12.7. The molecule has 0 saturated carbocycles. The van der Waals surface area contributed by atoms with Gasteiger partial charge in [-0.25, -0.2) is 4.98 Å². The summed E-state index contributed by atoms with van der Waals surface area (Å²) in [7, 11) is 0. The highest BCUT2D eigenvalue weighted by Gasteiger charge is 2.11. The normalized spacial score (nSPS) is 10.9. The monoisotopic (exact) mass is 374 g/mol. The van der Waals surface area contributed by atoms with Gasteiger partial charge in [-0.1, -0.05) is 29.8 Å². The molecule has 0 atom stereocenters. The molecule has 0 aliphatic carbocycles. The van der Waals surface area contributed by atoms with E-state index in [4.69, 9.17) is 0 Å². The van der Waals surface area contributed by atoms with Gasteiger partial charge in [0.1, 0.15) is 16.6 Å². The molecule has 2 aromatic carbocycles. The fraction of sp³-hybridized carbons (Fsp3) is 0.0952. The number of thiazole rings is 1. The third-order valence-corrected chi connectivity index (χ3v) is 4.82. The number of aromatic nitrogens is 1. The summed E-state index contributed by atoms with van der Waals surface area (Å²) < 4.78 is 0. The van der Waals surface area contributed by atoms with E-state index in [1.54, 1.807) is 24.4 Å². The van der Waals surface area contributed by atoms with Gasteiger partial charge in [0.25, 0.3) is 5.91 Å². The van der Waals surface area contributed by atoms with Crippen LogP contribution in [0.3, 0.4) is 0 Å². The molecule has 134 valence electrons. The summed E-state index contributed by atoms with van der Waals surface area (Å²) in [6, 6.07) is 16.9. The number of aryl methyl sites for hydroxylation is 2. The highest BCUT2D eigenvalue weighted by Crippen LogP contribution is 2.21. The highest BCUT2D eigenvalue weighted by atomic mass is 32.1. The Labute approximate surface area is 162 Å². The Morgan fingerprint density at radius 3 is 2.56 bits per heavy atom. The third-order valence-electron chi connectivity index (χ3n) is 3.82. The average molecular weight is 374 g/mol. The molecule has 0 radical (unpaired) electrons. The molecule has 3 aromatic rings. The van der Waals surface area contributed by atoms with Gasteiger partial charge in [-0.3, -0.25) is 4.79 Å². The van der Waals surface area contributed by atoms with E-state index >= 15 is 0 Å². The van der Waals surface area contributed by atoms with E-state index in [0.29, 0.717) is 21.8 Å². The van der Waals surface area contributed by atoms with Crippen molar-refractivity contribution in [3.05, 3.63) is 81.9 Å². The average Bonchev–Trinajstić information content (AvgIpc) is 3.10. The molecule has 3 rings (SSSR count). The van der Waals surface area contributed by atoms with Crippen LogP contribution in [0.2, 0.25) is 0 Å². The van der Waals surface area contributed by atoms with Crippen LogP contribution in [0.15, 0.2) is 60.1 Å². The van der Waals surface area contributed by atoms with Gasteiger partial charge in [0.05, 0.1) is 11.3 Å². The van der Waals surface area contributed by atoms with Gasteiger partial charge in [0.15, 0.2) is 0 Å². The first-order valence-corrected chi connectivity index (χ1v) is 9.21. The van der Waals surface area contributed by atoms with Crippen LogP contribution in [0.4, 0.5) is 11.4 Å². The number of carbonyl (C=O) groups is 1. The van der Waals surface area contributed by atoms with Crippen LogP contribution >= 0.6 is 11.3 Å². The second kappa shape index (κ2) is 8.30. The molecule has 1 amide bonds. The molecular formula is C21H18N4OS. The fourth-order valence-corrected chi connectivity index (χ4v) is 3.17. The Kier molecular flexibility index (Phi) is 5.64. The van der Waals surface area contributed by atoms with Gasteiger partial charge in [0.2, 0.25) is 0 Å². The summed E-state index contributed by atoms with van der Waals surface area (Å²) in [5.41, 5.74) is 4.24. The number of benzene rings is 2. The number of amides is 1. The predicted octanol–water partition coefficient (Wildman–Crippen LogP) is 4.99. The predicted molar refractivity (Wildman–Crippen MR) is 110 cm³/mol. The molecule has 5 nitrogen and oxygen atoms in total. The minimum Gasteiger partial charge on any atom is -0.360 e. The van der Waals surface area contributed by atoms with Gasteiger partial charge < -0.3 is 10.6 Å². The Morgan fingerprint density at radius 2 is 1.89 bits per heavy atom. The Morgan fingerprint density at radius 1 is 1.15 bits per heavy atom. The van der Waals surface area contributed by atoms with Crippen molar-refractivity contribution < 1.29 is 4.79 Å². The quantitative estimate of drug-likeness (QED) is 0.617. The summed E-state index contributed by atoms with van der Waals surface area (Å²) in [5.74, 6) is -0.223. The van der Waals surface area contributed by atoms with Crippen molar-refractivity contribution in [3.63, 3.8) is 0 Å². The number of nitriles is 1. The molecule has 6 heteroatoms. The van der Waals surface area contributed by atoms with Crippen molar-refractivity contribution in [1.82, 2.24) is 4.98 Å². The van der Waals surface area contributed by atoms with Gasteiger partial charge in [-0.2, -0.15) is 5.26 Å². The van der Waals surface area contributed by atoms with Crippen molar-refractivity contribution in [1.29, 1.82) is 5.26 Å². The lowest BCUT2D eigenvalue weighted by Gasteiger charge is -2.10. The van der Waals surface area contributed by atoms with Crippen LogP contribution in [0.25, 0.3) is 5.57 Å². The van der Waals surface area contributed by atoms with E-state index in [1.807, 2.05) is 49.6 Å². The zero-order chi connectivity index (χ0) is 19.2. The number of hydrogen-bond acceptors (Lipinski definition) is 5. The standard InChI is InChI=1S/C21H18N4OS/c1-14-7-9-17(10-8-14)25-20(26)18-5-3-4-6-19(18)23-12-16(11-22)21-24-15(2)13-27-21/h3-10,12-13,23H,1-2H3,(H,25,26)/b16-12+. The molecule has 27 heavy (non-hydrogen) atoms. The second-order valence-corrected chi connectivity index (χ2v) is 6.83. The summed E-state index contributed by atoms with van der Waals surface area (Å²) in [6.07, 6.45) is 1.58. The van der Waals surface area contributed by atoms with Gasteiger partial charge in [-0.05, 0) is 38.1 Å². The Bertz CT molecular complexity index is 1030. The number of anilines is 2. The third kappa shape index (κ3) is 4.60. The summed E-state index contributed by atoms with van der Waals surface area (Å²) >= 11 is 1.41. The molecule has 0 bridgehead atoms. The van der Waals surface area contributed by atoms with Crippen LogP contribution in [0.5, 0.6) is 0 Å². The zero-order valence-corrected chi connectivity index (χ0v) is 15.8. The lowest BCUT2D eigenvalue weighted by atomic mass is 10.1.